The molecule has 1 saturated heterocycles. The highest BCUT2D eigenvalue weighted by molar-refractivity contribution is 7.91. The predicted octanol–water partition coefficient (Wildman–Crippen LogP) is 1.38. The maximum absolute atomic E-state index is 12.8. The summed E-state index contributed by atoms with van der Waals surface area (Å²) in [6.07, 6.45) is 0.399. The number of para-hydroxylation sites is 1. The van der Waals surface area contributed by atoms with Crippen molar-refractivity contribution in [2.24, 2.45) is 5.73 Å². The van der Waals surface area contributed by atoms with E-state index < -0.39 is 21.8 Å². The van der Waals surface area contributed by atoms with Crippen LogP contribution in [-0.2, 0) is 14.6 Å². The van der Waals surface area contributed by atoms with Gasteiger partial charge in [0.15, 0.2) is 16.4 Å². The second-order valence-electron chi connectivity index (χ2n) is 6.33. The molecule has 0 bridgehead atoms. The largest absolute Gasteiger partial charge is 0.484 e. The van der Waals surface area contributed by atoms with Crippen LogP contribution in [0.3, 0.4) is 0 Å². The third-order valence-corrected chi connectivity index (χ3v) is 6.13. The molecule has 142 valence electrons. The first kappa shape index (κ1) is 18.9. The maximum Gasteiger partial charge on any atom is 0.265 e. The van der Waals surface area contributed by atoms with Crippen LogP contribution in [0.25, 0.3) is 0 Å². The first-order chi connectivity index (χ1) is 12.9. The van der Waals surface area contributed by atoms with Crippen LogP contribution in [0.4, 0.5) is 5.69 Å². The summed E-state index contributed by atoms with van der Waals surface area (Å²) < 4.78 is 29.2. The molecule has 27 heavy (non-hydrogen) atoms. The van der Waals surface area contributed by atoms with Gasteiger partial charge in [-0.3, -0.25) is 9.59 Å². The SMILES string of the molecule is NC(=O)c1ccc(OCC(=O)N(c2ccccc2)[C@@H]2CCS(=O)(=O)C2)cc1. The molecule has 1 aliphatic heterocycles. The third-order valence-electron chi connectivity index (χ3n) is 4.38. The smallest absolute Gasteiger partial charge is 0.265 e. The number of ether oxygens (including phenoxy) is 1. The summed E-state index contributed by atoms with van der Waals surface area (Å²) in [5.74, 6) is -0.442. The van der Waals surface area contributed by atoms with E-state index in [1.165, 1.54) is 17.0 Å². The fourth-order valence-electron chi connectivity index (χ4n) is 3.06. The van der Waals surface area contributed by atoms with Gasteiger partial charge in [-0.2, -0.15) is 0 Å². The molecule has 1 fully saturated rings. The van der Waals surface area contributed by atoms with Crippen molar-refractivity contribution >= 4 is 27.3 Å². The van der Waals surface area contributed by atoms with Gasteiger partial charge in [-0.15, -0.1) is 0 Å². The molecular weight excluding hydrogens is 368 g/mol. The Bertz CT molecular complexity index is 926. The number of rotatable bonds is 6. The minimum absolute atomic E-state index is 0.0546. The van der Waals surface area contributed by atoms with E-state index in [0.717, 1.165) is 0 Å². The summed E-state index contributed by atoms with van der Waals surface area (Å²) in [6, 6.07) is 14.7. The molecule has 7 nitrogen and oxygen atoms in total. The number of primary amides is 1. The molecule has 1 aliphatic rings. The Morgan fingerprint density at radius 2 is 1.74 bits per heavy atom. The van der Waals surface area contributed by atoms with Gasteiger partial charge in [0.1, 0.15) is 5.75 Å². The van der Waals surface area contributed by atoms with E-state index in [4.69, 9.17) is 10.5 Å². The van der Waals surface area contributed by atoms with Gasteiger partial charge in [0.05, 0.1) is 17.5 Å². The molecule has 0 unspecified atom stereocenters. The van der Waals surface area contributed by atoms with Gasteiger partial charge >= 0.3 is 0 Å². The highest BCUT2D eigenvalue weighted by atomic mass is 32.2. The number of carbonyl (C=O) groups excluding carboxylic acids is 2. The van der Waals surface area contributed by atoms with E-state index in [2.05, 4.69) is 0 Å². The highest BCUT2D eigenvalue weighted by Gasteiger charge is 2.35. The average Bonchev–Trinajstić information content (AvgIpc) is 3.00. The lowest BCUT2D eigenvalue weighted by Crippen LogP contribution is -2.43. The van der Waals surface area contributed by atoms with Crippen molar-refractivity contribution in [1.29, 1.82) is 0 Å². The summed E-state index contributed by atoms with van der Waals surface area (Å²) in [5, 5.41) is 0. The van der Waals surface area contributed by atoms with Crippen LogP contribution in [0.5, 0.6) is 5.75 Å². The van der Waals surface area contributed by atoms with Crippen molar-refractivity contribution in [3.63, 3.8) is 0 Å². The summed E-state index contributed by atoms with van der Waals surface area (Å²) in [6.45, 7) is -0.249. The topological polar surface area (TPSA) is 107 Å². The zero-order valence-corrected chi connectivity index (χ0v) is 15.4. The zero-order valence-electron chi connectivity index (χ0n) is 14.6. The van der Waals surface area contributed by atoms with Crippen LogP contribution in [0.1, 0.15) is 16.8 Å². The second kappa shape index (κ2) is 7.79. The van der Waals surface area contributed by atoms with Gasteiger partial charge in [0, 0.05) is 11.3 Å². The van der Waals surface area contributed by atoms with Crippen molar-refractivity contribution in [3.05, 3.63) is 60.2 Å². The Kier molecular flexibility index (Phi) is 5.46. The molecule has 3 rings (SSSR count). The van der Waals surface area contributed by atoms with E-state index in [1.807, 2.05) is 6.07 Å². The molecule has 2 N–H and O–H groups in total. The van der Waals surface area contributed by atoms with Crippen LogP contribution >= 0.6 is 0 Å². The molecule has 2 amide bonds. The van der Waals surface area contributed by atoms with Gasteiger partial charge in [0.25, 0.3) is 5.91 Å². The molecule has 0 aliphatic carbocycles. The molecule has 8 heteroatoms. The summed E-state index contributed by atoms with van der Waals surface area (Å²) in [7, 11) is -3.14. The quantitative estimate of drug-likeness (QED) is 0.805. The first-order valence-corrected chi connectivity index (χ1v) is 10.3. The van der Waals surface area contributed by atoms with Crippen LogP contribution in [-0.4, -0.2) is 44.4 Å². The van der Waals surface area contributed by atoms with Gasteiger partial charge in [-0.1, -0.05) is 18.2 Å². The summed E-state index contributed by atoms with van der Waals surface area (Å²) in [4.78, 5) is 25.4. The first-order valence-electron chi connectivity index (χ1n) is 8.46. The molecule has 0 aromatic heterocycles. The Morgan fingerprint density at radius 1 is 1.07 bits per heavy atom. The Balaban J connectivity index is 1.74. The number of sulfone groups is 1. The number of hydrogen-bond acceptors (Lipinski definition) is 5. The molecule has 0 spiro atoms. The number of nitrogens with zero attached hydrogens (tertiary/aromatic N) is 1. The minimum Gasteiger partial charge on any atom is -0.484 e. The number of hydrogen-bond donors (Lipinski definition) is 1. The number of carbonyl (C=O) groups is 2. The van der Waals surface area contributed by atoms with Crippen molar-refractivity contribution in [2.45, 2.75) is 12.5 Å². The second-order valence-corrected chi connectivity index (χ2v) is 8.56. The van der Waals surface area contributed by atoms with E-state index >= 15 is 0 Å². The van der Waals surface area contributed by atoms with E-state index in [-0.39, 0.29) is 24.0 Å². The highest BCUT2D eigenvalue weighted by Crippen LogP contribution is 2.25. The zero-order chi connectivity index (χ0) is 19.4. The molecule has 0 radical (unpaired) electrons. The fraction of sp³-hybridized carbons (Fsp3) is 0.263. The number of benzene rings is 2. The van der Waals surface area contributed by atoms with E-state index in [1.54, 1.807) is 36.4 Å². The standard InChI is InChI=1S/C19H20N2O5S/c20-19(23)14-6-8-17(9-7-14)26-12-18(22)21(15-4-2-1-3-5-15)16-10-11-27(24,25)13-16/h1-9,16H,10-13H2,(H2,20,23)/t16-/m1/s1. The minimum atomic E-state index is -3.14. The number of amides is 2. The monoisotopic (exact) mass is 388 g/mol. The van der Waals surface area contributed by atoms with Gasteiger partial charge in [-0.05, 0) is 42.8 Å². The molecule has 1 heterocycles. The normalized spacial score (nSPS) is 18.0. The van der Waals surface area contributed by atoms with Crippen LogP contribution in [0.15, 0.2) is 54.6 Å². The number of nitrogens with two attached hydrogens (primary N) is 1. The summed E-state index contributed by atoms with van der Waals surface area (Å²) in [5.41, 5.74) is 6.17. The van der Waals surface area contributed by atoms with Crippen molar-refractivity contribution in [2.75, 3.05) is 23.0 Å². The summed E-state index contributed by atoms with van der Waals surface area (Å²) >= 11 is 0. The van der Waals surface area contributed by atoms with E-state index in [9.17, 15) is 18.0 Å². The lowest BCUT2D eigenvalue weighted by Gasteiger charge is -2.28. The van der Waals surface area contributed by atoms with Crippen molar-refractivity contribution < 1.29 is 22.7 Å². The molecule has 2 aromatic carbocycles. The van der Waals surface area contributed by atoms with Gasteiger partial charge in [0.2, 0.25) is 5.91 Å². The van der Waals surface area contributed by atoms with Crippen LogP contribution in [0, 0.1) is 0 Å². The molecule has 1 atom stereocenters. The van der Waals surface area contributed by atoms with Crippen LogP contribution < -0.4 is 15.4 Å². The fourth-order valence-corrected chi connectivity index (χ4v) is 4.76. The Morgan fingerprint density at radius 3 is 2.30 bits per heavy atom. The van der Waals surface area contributed by atoms with Crippen LogP contribution in [0.2, 0.25) is 0 Å². The van der Waals surface area contributed by atoms with Gasteiger partial charge in [-0.25, -0.2) is 8.42 Å². The average molecular weight is 388 g/mol. The molecule has 2 aromatic rings. The van der Waals surface area contributed by atoms with Crippen molar-refractivity contribution in [1.82, 2.24) is 0 Å². The lowest BCUT2D eigenvalue weighted by molar-refractivity contribution is -0.121. The van der Waals surface area contributed by atoms with E-state index in [0.29, 0.717) is 23.4 Å². The molecular formula is C19H20N2O5S. The lowest BCUT2D eigenvalue weighted by atomic mass is 10.2. The Labute approximate surface area is 157 Å². The number of anilines is 1. The third kappa shape index (κ3) is 4.65. The predicted molar refractivity (Wildman–Crippen MR) is 101 cm³/mol. The van der Waals surface area contributed by atoms with Gasteiger partial charge < -0.3 is 15.4 Å². The van der Waals surface area contributed by atoms with Crippen molar-refractivity contribution in [3.8, 4) is 5.75 Å². The Hall–Kier alpha value is -2.87. The maximum atomic E-state index is 12.8. The molecule has 0 saturated carbocycles.